The van der Waals surface area contributed by atoms with Gasteiger partial charge in [-0.2, -0.15) is 5.10 Å². The van der Waals surface area contributed by atoms with E-state index < -0.39 is 17.6 Å². The number of nitrogens with zero attached hydrogens (tertiary/aromatic N) is 1. The fraction of sp³-hybridized carbons (Fsp3) is 0. The average molecular weight is 263 g/mol. The van der Waals surface area contributed by atoms with Crippen molar-refractivity contribution in [1.82, 2.24) is 10.2 Å². The van der Waals surface area contributed by atoms with Gasteiger partial charge in [0.1, 0.15) is 5.69 Å². The van der Waals surface area contributed by atoms with Gasteiger partial charge in [0.15, 0.2) is 17.3 Å². The molecule has 0 saturated heterocycles. The smallest absolute Gasteiger partial charge is 0.353 e. The molecule has 0 unspecified atom stereocenters. The maximum atomic E-state index is 11.8. The fourth-order valence-electron chi connectivity index (χ4n) is 1.35. The minimum atomic E-state index is -1.20. The third-order valence-electron chi connectivity index (χ3n) is 2.29. The Bertz CT molecular complexity index is 650. The summed E-state index contributed by atoms with van der Waals surface area (Å²) in [6.45, 7) is 0. The largest absolute Gasteiger partial charge is 0.504 e. The van der Waals surface area contributed by atoms with Crippen molar-refractivity contribution < 1.29 is 24.9 Å². The highest BCUT2D eigenvalue weighted by Gasteiger charge is 2.12. The van der Waals surface area contributed by atoms with E-state index in [1.54, 1.807) is 0 Å². The van der Waals surface area contributed by atoms with Crippen molar-refractivity contribution in [3.63, 3.8) is 0 Å². The van der Waals surface area contributed by atoms with E-state index in [0.29, 0.717) is 0 Å². The van der Waals surface area contributed by atoms with Crippen molar-refractivity contribution in [3.05, 3.63) is 35.5 Å². The van der Waals surface area contributed by atoms with Crippen LogP contribution in [0.1, 0.15) is 20.8 Å². The number of rotatable bonds is 3. The molecule has 8 heteroatoms. The molecule has 19 heavy (non-hydrogen) atoms. The number of carbonyl (C=O) groups is 2. The molecule has 5 N–H and O–H groups in total. The Kier molecular flexibility index (Phi) is 3.06. The molecule has 1 aromatic heterocycles. The molecule has 0 spiro atoms. The molecule has 2 rings (SSSR count). The zero-order valence-corrected chi connectivity index (χ0v) is 9.41. The quantitative estimate of drug-likeness (QED) is 0.519. The number of aromatic carboxylic acids is 1. The van der Waals surface area contributed by atoms with Crippen LogP contribution in [-0.4, -0.2) is 37.4 Å². The second-order valence-electron chi connectivity index (χ2n) is 3.63. The first-order valence-corrected chi connectivity index (χ1v) is 5.09. The van der Waals surface area contributed by atoms with Gasteiger partial charge in [-0.15, -0.1) is 0 Å². The van der Waals surface area contributed by atoms with Crippen LogP contribution in [0.25, 0.3) is 0 Å². The number of phenols is 2. The SMILES string of the molecule is O=C(Nc1cc(C(=O)O)[nH]n1)c1ccc(O)c(O)c1. The summed E-state index contributed by atoms with van der Waals surface area (Å²) >= 11 is 0. The molecular weight excluding hydrogens is 254 g/mol. The molecule has 0 radical (unpaired) electrons. The van der Waals surface area contributed by atoms with Gasteiger partial charge in [-0.25, -0.2) is 4.79 Å². The fourth-order valence-corrected chi connectivity index (χ4v) is 1.35. The summed E-state index contributed by atoms with van der Waals surface area (Å²) in [5.41, 5.74) is -0.0703. The van der Waals surface area contributed by atoms with Crippen LogP contribution in [0.2, 0.25) is 0 Å². The topological polar surface area (TPSA) is 136 Å². The minimum Gasteiger partial charge on any atom is -0.504 e. The average Bonchev–Trinajstić information content (AvgIpc) is 2.81. The van der Waals surface area contributed by atoms with Crippen LogP contribution in [0.15, 0.2) is 24.3 Å². The Hall–Kier alpha value is -3.03. The minimum absolute atomic E-state index is 0.0370. The van der Waals surface area contributed by atoms with Crippen LogP contribution in [0.5, 0.6) is 11.5 Å². The molecular formula is C11H9N3O5. The Morgan fingerprint density at radius 1 is 1.16 bits per heavy atom. The van der Waals surface area contributed by atoms with E-state index in [4.69, 9.17) is 10.2 Å². The lowest BCUT2D eigenvalue weighted by molar-refractivity contribution is 0.0690. The molecule has 1 amide bonds. The number of carboxylic acid groups (broad SMARTS) is 1. The van der Waals surface area contributed by atoms with E-state index in [1.165, 1.54) is 6.07 Å². The molecule has 2 aromatic rings. The molecule has 0 saturated carbocycles. The first kappa shape index (κ1) is 12.4. The van der Waals surface area contributed by atoms with E-state index in [1.807, 2.05) is 0 Å². The number of hydrogen-bond donors (Lipinski definition) is 5. The molecule has 0 atom stereocenters. The Balaban J connectivity index is 2.15. The zero-order valence-electron chi connectivity index (χ0n) is 9.41. The number of phenolic OH excluding ortho intramolecular Hbond substituents is 2. The van der Waals surface area contributed by atoms with Crippen LogP contribution in [-0.2, 0) is 0 Å². The zero-order chi connectivity index (χ0) is 14.0. The number of hydrogen-bond acceptors (Lipinski definition) is 5. The second-order valence-corrected chi connectivity index (χ2v) is 3.63. The van der Waals surface area contributed by atoms with E-state index >= 15 is 0 Å². The van der Waals surface area contributed by atoms with E-state index in [-0.39, 0.29) is 22.8 Å². The summed E-state index contributed by atoms with van der Waals surface area (Å²) in [4.78, 5) is 22.4. The molecule has 0 aliphatic carbocycles. The lowest BCUT2D eigenvalue weighted by Crippen LogP contribution is -2.11. The number of amides is 1. The number of aromatic nitrogens is 2. The van der Waals surface area contributed by atoms with Crippen LogP contribution in [0.3, 0.4) is 0 Å². The first-order chi connectivity index (χ1) is 8.97. The van der Waals surface area contributed by atoms with Gasteiger partial charge in [0.05, 0.1) is 0 Å². The molecule has 1 aromatic carbocycles. The highest BCUT2D eigenvalue weighted by molar-refractivity contribution is 6.04. The number of nitrogens with one attached hydrogen (secondary N) is 2. The number of H-pyrrole nitrogens is 1. The Labute approximate surface area is 106 Å². The van der Waals surface area contributed by atoms with Crippen molar-refractivity contribution in [2.24, 2.45) is 0 Å². The predicted octanol–water partition coefficient (Wildman–Crippen LogP) is 0.771. The first-order valence-electron chi connectivity index (χ1n) is 5.09. The molecule has 0 fully saturated rings. The van der Waals surface area contributed by atoms with Gasteiger partial charge in [-0.3, -0.25) is 9.89 Å². The van der Waals surface area contributed by atoms with Gasteiger partial charge in [0.2, 0.25) is 0 Å². The van der Waals surface area contributed by atoms with Crippen LogP contribution in [0, 0.1) is 0 Å². The van der Waals surface area contributed by atoms with Crippen molar-refractivity contribution in [2.75, 3.05) is 5.32 Å². The summed E-state index contributed by atoms with van der Waals surface area (Å²) in [6.07, 6.45) is 0. The lowest BCUT2D eigenvalue weighted by atomic mass is 10.2. The number of carboxylic acids is 1. The normalized spacial score (nSPS) is 10.1. The van der Waals surface area contributed by atoms with E-state index in [2.05, 4.69) is 15.5 Å². The highest BCUT2D eigenvalue weighted by atomic mass is 16.4. The molecule has 0 aliphatic rings. The Morgan fingerprint density at radius 2 is 1.89 bits per heavy atom. The number of aromatic hydroxyl groups is 2. The molecule has 98 valence electrons. The van der Waals surface area contributed by atoms with Crippen molar-refractivity contribution in [3.8, 4) is 11.5 Å². The van der Waals surface area contributed by atoms with Gasteiger partial charge in [-0.1, -0.05) is 0 Å². The van der Waals surface area contributed by atoms with Crippen LogP contribution >= 0.6 is 0 Å². The second kappa shape index (κ2) is 4.69. The van der Waals surface area contributed by atoms with Crippen LogP contribution < -0.4 is 5.32 Å². The monoisotopic (exact) mass is 263 g/mol. The molecule has 1 heterocycles. The maximum Gasteiger partial charge on any atom is 0.353 e. The van der Waals surface area contributed by atoms with Gasteiger partial charge in [-0.05, 0) is 18.2 Å². The summed E-state index contributed by atoms with van der Waals surface area (Å²) < 4.78 is 0. The molecule has 0 bridgehead atoms. The van der Waals surface area contributed by atoms with Gasteiger partial charge >= 0.3 is 5.97 Å². The number of benzene rings is 1. The third kappa shape index (κ3) is 2.63. The maximum absolute atomic E-state index is 11.8. The van der Waals surface area contributed by atoms with Gasteiger partial charge in [0.25, 0.3) is 5.91 Å². The van der Waals surface area contributed by atoms with Crippen molar-refractivity contribution in [1.29, 1.82) is 0 Å². The van der Waals surface area contributed by atoms with Gasteiger partial charge < -0.3 is 20.6 Å². The van der Waals surface area contributed by atoms with Gasteiger partial charge in [0, 0.05) is 11.6 Å². The van der Waals surface area contributed by atoms with Crippen molar-refractivity contribution >= 4 is 17.7 Å². The number of anilines is 1. The summed E-state index contributed by atoms with van der Waals surface area (Å²) in [6, 6.07) is 4.70. The number of aromatic amines is 1. The van der Waals surface area contributed by atoms with Crippen LogP contribution in [0.4, 0.5) is 5.82 Å². The highest BCUT2D eigenvalue weighted by Crippen LogP contribution is 2.25. The Morgan fingerprint density at radius 3 is 2.47 bits per heavy atom. The predicted molar refractivity (Wildman–Crippen MR) is 63.3 cm³/mol. The standard InChI is InChI=1S/C11H9N3O5/c15-7-2-1-5(3-8(7)16)10(17)12-9-4-6(11(18)19)13-14-9/h1-4,15-16H,(H,18,19)(H2,12,13,14,17). The van der Waals surface area contributed by atoms with E-state index in [9.17, 15) is 14.7 Å². The number of carbonyl (C=O) groups excluding carboxylic acids is 1. The summed E-state index contributed by atoms with van der Waals surface area (Å²) in [7, 11) is 0. The van der Waals surface area contributed by atoms with E-state index in [0.717, 1.165) is 18.2 Å². The summed E-state index contributed by atoms with van der Waals surface area (Å²) in [5.74, 6) is -2.53. The molecule has 0 aliphatic heterocycles. The lowest BCUT2D eigenvalue weighted by Gasteiger charge is -2.03. The van der Waals surface area contributed by atoms with Crippen molar-refractivity contribution in [2.45, 2.75) is 0 Å². The molecule has 8 nitrogen and oxygen atoms in total. The summed E-state index contributed by atoms with van der Waals surface area (Å²) in [5, 5.41) is 35.2. The third-order valence-corrected chi connectivity index (χ3v) is 2.29.